The quantitative estimate of drug-likeness (QED) is 0.858. The number of aliphatic carboxylic acids is 1. The van der Waals surface area contributed by atoms with Crippen LogP contribution in [-0.2, 0) is 16.1 Å². The van der Waals surface area contributed by atoms with E-state index < -0.39 is 23.6 Å². The van der Waals surface area contributed by atoms with Gasteiger partial charge in [-0.2, -0.15) is 0 Å². The smallest absolute Gasteiger partial charge is 0.224 e. The summed E-state index contributed by atoms with van der Waals surface area (Å²) in [6.07, 6.45) is 0.722. The molecule has 0 aromatic heterocycles. The summed E-state index contributed by atoms with van der Waals surface area (Å²) in [5, 5.41) is 13.9. The van der Waals surface area contributed by atoms with Crippen molar-refractivity contribution in [2.75, 3.05) is 0 Å². The lowest BCUT2D eigenvalue weighted by atomic mass is 9.76. The number of carboxylic acids is 1. The Kier molecular flexibility index (Phi) is 4.96. The summed E-state index contributed by atoms with van der Waals surface area (Å²) in [4.78, 5) is 23.6. The second-order valence-corrected chi connectivity index (χ2v) is 5.81. The third-order valence-corrected chi connectivity index (χ3v) is 4.32. The van der Waals surface area contributed by atoms with E-state index in [0.29, 0.717) is 18.4 Å². The number of nitrogens with one attached hydrogen (secondary N) is 1. The maximum atomic E-state index is 13.5. The molecule has 0 radical (unpaired) electrons. The first kappa shape index (κ1) is 16.2. The zero-order chi connectivity index (χ0) is 16.3. The predicted octanol–water partition coefficient (Wildman–Crippen LogP) is 1.55. The molecule has 1 aromatic carbocycles. The minimum absolute atomic E-state index is 0.0452. The van der Waals surface area contributed by atoms with E-state index in [2.05, 4.69) is 5.32 Å². The molecule has 0 fully saturated rings. The molecular formula is C17H19FNO3-. The molecule has 2 atom stereocenters. The third-order valence-electron chi connectivity index (χ3n) is 4.32. The van der Waals surface area contributed by atoms with Gasteiger partial charge in [0.25, 0.3) is 0 Å². The molecule has 0 bridgehead atoms. The van der Waals surface area contributed by atoms with Crippen LogP contribution in [0.25, 0.3) is 0 Å². The lowest BCUT2D eigenvalue weighted by Gasteiger charge is -2.32. The lowest BCUT2D eigenvalue weighted by molar-refractivity contribution is -0.313. The van der Waals surface area contributed by atoms with E-state index in [-0.39, 0.29) is 12.5 Å². The average Bonchev–Trinajstić information content (AvgIpc) is 2.48. The average molecular weight is 304 g/mol. The zero-order valence-electron chi connectivity index (χ0n) is 12.7. The van der Waals surface area contributed by atoms with Crippen LogP contribution in [0.5, 0.6) is 0 Å². The molecule has 2 rings (SSSR count). The van der Waals surface area contributed by atoms with Gasteiger partial charge in [0.15, 0.2) is 0 Å². The summed E-state index contributed by atoms with van der Waals surface area (Å²) in [5.74, 6) is -3.47. The highest BCUT2D eigenvalue weighted by atomic mass is 19.1. The van der Waals surface area contributed by atoms with E-state index in [9.17, 15) is 19.1 Å². The van der Waals surface area contributed by atoms with Crippen molar-refractivity contribution >= 4 is 11.9 Å². The fourth-order valence-corrected chi connectivity index (χ4v) is 2.77. The monoisotopic (exact) mass is 304 g/mol. The van der Waals surface area contributed by atoms with E-state index in [1.807, 2.05) is 13.8 Å². The molecular weight excluding hydrogens is 285 g/mol. The molecule has 0 unspecified atom stereocenters. The maximum Gasteiger partial charge on any atom is 0.224 e. The van der Waals surface area contributed by atoms with Crippen molar-refractivity contribution in [3.05, 3.63) is 46.8 Å². The van der Waals surface area contributed by atoms with Crippen LogP contribution in [0.3, 0.4) is 0 Å². The van der Waals surface area contributed by atoms with Crippen molar-refractivity contribution in [2.24, 2.45) is 11.8 Å². The maximum absolute atomic E-state index is 13.5. The molecule has 1 amide bonds. The van der Waals surface area contributed by atoms with Crippen molar-refractivity contribution in [2.45, 2.75) is 33.2 Å². The molecule has 4 nitrogen and oxygen atoms in total. The number of amides is 1. The Morgan fingerprint density at radius 1 is 1.18 bits per heavy atom. The van der Waals surface area contributed by atoms with E-state index in [1.165, 1.54) is 6.07 Å². The number of halogens is 1. The number of hydrogen-bond donors (Lipinski definition) is 1. The van der Waals surface area contributed by atoms with Crippen molar-refractivity contribution in [3.8, 4) is 0 Å². The first-order chi connectivity index (χ1) is 10.4. The normalized spacial score (nSPS) is 21.6. The number of carbonyl (C=O) groups is 2. The lowest BCUT2D eigenvalue weighted by Crippen LogP contribution is -2.44. The van der Waals surface area contributed by atoms with Crippen LogP contribution in [0.15, 0.2) is 35.4 Å². The van der Waals surface area contributed by atoms with Gasteiger partial charge in [-0.05, 0) is 32.8 Å². The number of carbonyl (C=O) groups excluding carboxylic acids is 2. The molecule has 5 heteroatoms. The highest BCUT2D eigenvalue weighted by Gasteiger charge is 2.33. The highest BCUT2D eigenvalue weighted by Crippen LogP contribution is 2.34. The molecule has 0 spiro atoms. The largest absolute Gasteiger partial charge is 0.550 e. The summed E-state index contributed by atoms with van der Waals surface area (Å²) in [7, 11) is 0. The Bertz CT molecular complexity index is 624. The summed E-state index contributed by atoms with van der Waals surface area (Å²) in [5.41, 5.74) is 2.40. The highest BCUT2D eigenvalue weighted by molar-refractivity contribution is 5.85. The summed E-state index contributed by atoms with van der Waals surface area (Å²) in [6, 6.07) is 6.17. The first-order valence-corrected chi connectivity index (χ1v) is 7.27. The van der Waals surface area contributed by atoms with Crippen LogP contribution in [0.2, 0.25) is 0 Å². The fraction of sp³-hybridized carbons (Fsp3) is 0.412. The minimum Gasteiger partial charge on any atom is -0.550 e. The zero-order valence-corrected chi connectivity index (χ0v) is 12.7. The molecule has 1 aliphatic rings. The first-order valence-electron chi connectivity index (χ1n) is 7.27. The van der Waals surface area contributed by atoms with Crippen molar-refractivity contribution < 1.29 is 19.1 Å². The van der Waals surface area contributed by atoms with Gasteiger partial charge in [-0.1, -0.05) is 29.3 Å². The third kappa shape index (κ3) is 3.53. The Labute approximate surface area is 129 Å². The Hall–Kier alpha value is -2.17. The summed E-state index contributed by atoms with van der Waals surface area (Å²) >= 11 is 0. The number of hydrogen-bond acceptors (Lipinski definition) is 3. The van der Waals surface area contributed by atoms with E-state index in [4.69, 9.17) is 0 Å². The van der Waals surface area contributed by atoms with E-state index >= 15 is 0 Å². The summed E-state index contributed by atoms with van der Waals surface area (Å²) in [6.45, 7) is 3.82. The molecule has 0 aliphatic heterocycles. The number of allylic oxidation sites excluding steroid dienone is 2. The van der Waals surface area contributed by atoms with Gasteiger partial charge < -0.3 is 15.2 Å². The predicted molar refractivity (Wildman–Crippen MR) is 77.8 cm³/mol. The van der Waals surface area contributed by atoms with Gasteiger partial charge in [0.05, 0.1) is 0 Å². The van der Waals surface area contributed by atoms with Crippen LogP contribution in [0.1, 0.15) is 32.3 Å². The summed E-state index contributed by atoms with van der Waals surface area (Å²) < 4.78 is 13.5. The van der Waals surface area contributed by atoms with Gasteiger partial charge in [0, 0.05) is 29.9 Å². The van der Waals surface area contributed by atoms with Gasteiger partial charge in [0.1, 0.15) is 5.82 Å². The second kappa shape index (κ2) is 6.73. The number of benzene rings is 1. The molecule has 0 heterocycles. The molecule has 1 N–H and O–H groups in total. The van der Waals surface area contributed by atoms with E-state index in [0.717, 1.165) is 11.1 Å². The molecule has 0 saturated heterocycles. The van der Waals surface area contributed by atoms with Crippen LogP contribution in [-0.4, -0.2) is 11.9 Å². The number of rotatable bonds is 4. The molecule has 118 valence electrons. The van der Waals surface area contributed by atoms with Crippen LogP contribution < -0.4 is 10.4 Å². The molecule has 1 aliphatic carbocycles. The van der Waals surface area contributed by atoms with Crippen molar-refractivity contribution in [1.29, 1.82) is 0 Å². The van der Waals surface area contributed by atoms with Crippen LogP contribution in [0.4, 0.5) is 4.39 Å². The van der Waals surface area contributed by atoms with E-state index in [1.54, 1.807) is 18.2 Å². The van der Waals surface area contributed by atoms with Gasteiger partial charge >= 0.3 is 0 Å². The van der Waals surface area contributed by atoms with Crippen LogP contribution >= 0.6 is 0 Å². The Balaban J connectivity index is 2.07. The van der Waals surface area contributed by atoms with Gasteiger partial charge in [0.2, 0.25) is 5.91 Å². The molecule has 22 heavy (non-hydrogen) atoms. The Morgan fingerprint density at radius 2 is 1.77 bits per heavy atom. The second-order valence-electron chi connectivity index (χ2n) is 5.81. The van der Waals surface area contributed by atoms with Gasteiger partial charge in [-0.25, -0.2) is 4.39 Å². The molecule has 1 aromatic rings. The fourth-order valence-electron chi connectivity index (χ4n) is 2.77. The van der Waals surface area contributed by atoms with Crippen molar-refractivity contribution in [3.63, 3.8) is 0 Å². The SMILES string of the molecule is CC1=C(C)C[C@@H](C(=O)[O-])[C@@H](C(=O)NCc2ccccc2F)C1. The molecule has 0 saturated carbocycles. The van der Waals surface area contributed by atoms with Crippen molar-refractivity contribution in [1.82, 2.24) is 5.32 Å². The van der Waals surface area contributed by atoms with Gasteiger partial charge in [-0.3, -0.25) is 4.79 Å². The van der Waals surface area contributed by atoms with Gasteiger partial charge in [-0.15, -0.1) is 0 Å². The standard InChI is InChI=1S/C17H20FNO3/c1-10-7-13(14(17(21)22)8-11(10)2)16(20)19-9-12-5-3-4-6-15(12)18/h3-6,13-14H,7-9H2,1-2H3,(H,19,20)(H,21,22)/p-1/t13-,14+/m0/s1. The Morgan fingerprint density at radius 3 is 2.36 bits per heavy atom. The number of carboxylic acid groups (broad SMARTS) is 1. The van der Waals surface area contributed by atoms with Crippen LogP contribution in [0, 0.1) is 17.7 Å². The topological polar surface area (TPSA) is 69.2 Å². The minimum atomic E-state index is -1.21.